The Morgan fingerprint density at radius 2 is 2.00 bits per heavy atom. The van der Waals surface area contributed by atoms with Crippen molar-refractivity contribution in [3.8, 4) is 5.69 Å². The average Bonchev–Trinajstić information content (AvgIpc) is 3.10. The Hall–Kier alpha value is -3.06. The average molecular weight is 338 g/mol. The van der Waals surface area contributed by atoms with Gasteiger partial charge in [-0.25, -0.2) is 4.98 Å². The molecule has 1 aliphatic heterocycles. The van der Waals surface area contributed by atoms with Crippen LogP contribution in [0.25, 0.3) is 11.8 Å². The molecule has 7 heteroatoms. The zero-order valence-electron chi connectivity index (χ0n) is 12.7. The van der Waals surface area contributed by atoms with E-state index in [0.29, 0.717) is 0 Å². The van der Waals surface area contributed by atoms with Crippen LogP contribution in [0.1, 0.15) is 5.56 Å². The predicted octanol–water partition coefficient (Wildman–Crippen LogP) is 1.68. The van der Waals surface area contributed by atoms with Gasteiger partial charge in [0.1, 0.15) is 5.57 Å². The minimum absolute atomic E-state index is 0.0424. The fourth-order valence-electron chi connectivity index (χ4n) is 2.31. The molecule has 0 bridgehead atoms. The highest BCUT2D eigenvalue weighted by atomic mass is 32.1. The van der Waals surface area contributed by atoms with E-state index in [9.17, 15) is 9.59 Å². The molecule has 1 N–H and O–H groups in total. The summed E-state index contributed by atoms with van der Waals surface area (Å²) in [5.41, 5.74) is 1.72. The van der Waals surface area contributed by atoms with Crippen molar-refractivity contribution < 1.29 is 9.59 Å². The van der Waals surface area contributed by atoms with E-state index in [1.807, 2.05) is 35.0 Å². The number of carbonyl (C=O) groups is 2. The maximum atomic E-state index is 12.4. The normalized spacial score (nSPS) is 16.4. The summed E-state index contributed by atoms with van der Waals surface area (Å²) in [5, 5.41) is 2.61. The van der Waals surface area contributed by atoms with Crippen molar-refractivity contribution in [1.29, 1.82) is 0 Å². The van der Waals surface area contributed by atoms with Gasteiger partial charge in [-0.15, -0.1) is 6.58 Å². The summed E-state index contributed by atoms with van der Waals surface area (Å²) in [7, 11) is 0. The molecule has 6 nitrogen and oxygen atoms in total. The number of rotatable bonds is 4. The third-order valence-corrected chi connectivity index (χ3v) is 3.83. The maximum absolute atomic E-state index is 12.4. The number of hydrogen-bond donors (Lipinski definition) is 1. The van der Waals surface area contributed by atoms with Crippen LogP contribution in [0.3, 0.4) is 0 Å². The Bertz CT molecular complexity index is 838. The first-order valence-corrected chi connectivity index (χ1v) is 7.59. The van der Waals surface area contributed by atoms with Crippen molar-refractivity contribution in [3.63, 3.8) is 0 Å². The van der Waals surface area contributed by atoms with Gasteiger partial charge in [-0.1, -0.05) is 18.2 Å². The van der Waals surface area contributed by atoms with Crippen LogP contribution in [0.5, 0.6) is 0 Å². The molecule has 0 unspecified atom stereocenters. The van der Waals surface area contributed by atoms with Gasteiger partial charge in [0.05, 0.1) is 6.33 Å². The Labute approximate surface area is 144 Å². The number of imidazole rings is 1. The lowest BCUT2D eigenvalue weighted by Crippen LogP contribution is -2.53. The highest BCUT2D eigenvalue weighted by Crippen LogP contribution is 2.16. The third kappa shape index (κ3) is 3.02. The molecule has 0 saturated carbocycles. The number of thiocarbonyl (C=S) groups is 1. The first-order valence-electron chi connectivity index (χ1n) is 7.18. The van der Waals surface area contributed by atoms with Crippen molar-refractivity contribution in [1.82, 2.24) is 19.8 Å². The number of hydrogen-bond acceptors (Lipinski definition) is 4. The quantitative estimate of drug-likeness (QED) is 0.399. The van der Waals surface area contributed by atoms with Crippen LogP contribution >= 0.6 is 12.2 Å². The van der Waals surface area contributed by atoms with Crippen molar-refractivity contribution in [2.24, 2.45) is 0 Å². The van der Waals surface area contributed by atoms with E-state index in [0.717, 1.165) is 11.3 Å². The molecule has 0 spiro atoms. The van der Waals surface area contributed by atoms with E-state index in [-0.39, 0.29) is 17.2 Å². The first-order chi connectivity index (χ1) is 11.6. The zero-order valence-corrected chi connectivity index (χ0v) is 13.5. The molecule has 2 aromatic rings. The van der Waals surface area contributed by atoms with Gasteiger partial charge >= 0.3 is 0 Å². The molecule has 2 amide bonds. The number of carbonyl (C=O) groups excluding carboxylic acids is 2. The summed E-state index contributed by atoms with van der Waals surface area (Å²) in [6.45, 7) is 3.84. The van der Waals surface area contributed by atoms with E-state index in [1.165, 1.54) is 4.90 Å². The van der Waals surface area contributed by atoms with Crippen molar-refractivity contribution in [2.45, 2.75) is 0 Å². The maximum Gasteiger partial charge on any atom is 0.265 e. The Balaban J connectivity index is 1.89. The van der Waals surface area contributed by atoms with Gasteiger partial charge in [-0.05, 0) is 36.0 Å². The molecule has 0 atom stereocenters. The fourth-order valence-corrected chi connectivity index (χ4v) is 2.56. The van der Waals surface area contributed by atoms with Gasteiger partial charge in [0.15, 0.2) is 5.11 Å². The van der Waals surface area contributed by atoms with Crippen LogP contribution in [0, 0.1) is 0 Å². The summed E-state index contributed by atoms with van der Waals surface area (Å²) >= 11 is 5.02. The third-order valence-electron chi connectivity index (χ3n) is 3.50. The van der Waals surface area contributed by atoms with Crippen LogP contribution in [0.15, 0.2) is 61.2 Å². The van der Waals surface area contributed by atoms with E-state index in [2.05, 4.69) is 16.9 Å². The number of aromatic nitrogens is 2. The second-order valence-corrected chi connectivity index (χ2v) is 5.47. The monoisotopic (exact) mass is 338 g/mol. The molecule has 1 aromatic carbocycles. The van der Waals surface area contributed by atoms with E-state index in [1.54, 1.807) is 24.7 Å². The number of amides is 2. The van der Waals surface area contributed by atoms with E-state index in [4.69, 9.17) is 12.2 Å². The zero-order chi connectivity index (χ0) is 17.1. The summed E-state index contributed by atoms with van der Waals surface area (Å²) in [6, 6.07) is 7.41. The van der Waals surface area contributed by atoms with Crippen LogP contribution in [-0.2, 0) is 9.59 Å². The van der Waals surface area contributed by atoms with Gasteiger partial charge in [-0.2, -0.15) is 0 Å². The lowest BCUT2D eigenvalue weighted by Gasteiger charge is -2.27. The van der Waals surface area contributed by atoms with Crippen LogP contribution in [-0.4, -0.2) is 37.9 Å². The molecule has 24 heavy (non-hydrogen) atoms. The molecule has 1 saturated heterocycles. The number of nitrogens with one attached hydrogen (secondary N) is 1. The molecule has 0 radical (unpaired) electrons. The molecule has 1 aromatic heterocycles. The highest BCUT2D eigenvalue weighted by molar-refractivity contribution is 7.80. The second-order valence-electron chi connectivity index (χ2n) is 5.08. The molecule has 1 aliphatic rings. The Morgan fingerprint density at radius 3 is 2.62 bits per heavy atom. The second kappa shape index (κ2) is 6.59. The van der Waals surface area contributed by atoms with E-state index >= 15 is 0 Å². The lowest BCUT2D eigenvalue weighted by atomic mass is 10.1. The molecular weight excluding hydrogens is 324 g/mol. The van der Waals surface area contributed by atoms with Crippen LogP contribution in [0.4, 0.5) is 0 Å². The largest absolute Gasteiger partial charge is 0.306 e. The first kappa shape index (κ1) is 15.8. The predicted molar refractivity (Wildman–Crippen MR) is 94.2 cm³/mol. The topological polar surface area (TPSA) is 67.2 Å². The van der Waals surface area contributed by atoms with Gasteiger partial charge in [0.25, 0.3) is 11.8 Å². The molecule has 120 valence electrons. The summed E-state index contributed by atoms with van der Waals surface area (Å²) in [4.78, 5) is 29.8. The number of benzene rings is 1. The van der Waals surface area contributed by atoms with E-state index < -0.39 is 11.8 Å². The van der Waals surface area contributed by atoms with Gasteiger partial charge < -0.3 is 4.57 Å². The summed E-state index contributed by atoms with van der Waals surface area (Å²) < 4.78 is 1.86. The van der Waals surface area contributed by atoms with Gasteiger partial charge in [0, 0.05) is 24.6 Å². The van der Waals surface area contributed by atoms with Crippen molar-refractivity contribution in [2.75, 3.05) is 6.54 Å². The van der Waals surface area contributed by atoms with Gasteiger partial charge in [-0.3, -0.25) is 19.8 Å². The lowest BCUT2D eigenvalue weighted by molar-refractivity contribution is -0.128. The molecule has 3 rings (SSSR count). The number of nitrogens with zero attached hydrogens (tertiary/aromatic N) is 3. The summed E-state index contributed by atoms with van der Waals surface area (Å²) in [6.07, 6.45) is 8.32. The molecule has 1 fully saturated rings. The van der Waals surface area contributed by atoms with Gasteiger partial charge in [0.2, 0.25) is 0 Å². The summed E-state index contributed by atoms with van der Waals surface area (Å²) in [5.74, 6) is -0.925. The standard InChI is InChI=1S/C17H14N4O2S/c1-2-8-21-16(23)14(15(22)19-17(21)24)10-12-3-5-13(6-4-12)20-9-7-18-11-20/h2-7,9-11H,1,8H2,(H,19,22,24)/b14-10-. The SMILES string of the molecule is C=CCN1C(=O)/C(=C\c2ccc(-n3ccnc3)cc2)C(=O)NC1=S. The van der Waals surface area contributed by atoms with Crippen molar-refractivity contribution >= 4 is 35.2 Å². The molecular formula is C17H14N4O2S. The van der Waals surface area contributed by atoms with Crippen LogP contribution in [0.2, 0.25) is 0 Å². The Morgan fingerprint density at radius 1 is 1.25 bits per heavy atom. The highest BCUT2D eigenvalue weighted by Gasteiger charge is 2.32. The fraction of sp³-hybridized carbons (Fsp3) is 0.0588. The van der Waals surface area contributed by atoms with Crippen molar-refractivity contribution in [3.05, 3.63) is 66.8 Å². The minimum Gasteiger partial charge on any atom is -0.306 e. The Kier molecular flexibility index (Phi) is 4.35. The van der Waals surface area contributed by atoms with Crippen LogP contribution < -0.4 is 5.32 Å². The molecule has 2 heterocycles. The minimum atomic E-state index is -0.496. The molecule has 0 aliphatic carbocycles. The smallest absolute Gasteiger partial charge is 0.265 e.